The molecule has 8 atom stereocenters. The lowest BCUT2D eigenvalue weighted by molar-refractivity contribution is -0.156. The highest BCUT2D eigenvalue weighted by Gasteiger charge is 2.32. The summed E-state index contributed by atoms with van der Waals surface area (Å²) in [6.07, 6.45) is 11.2. The number of carbonyl (C=O) groups is 2. The van der Waals surface area contributed by atoms with Crippen molar-refractivity contribution in [3.8, 4) is 0 Å². The van der Waals surface area contributed by atoms with Crippen LogP contribution in [0.25, 0.3) is 0 Å². The van der Waals surface area contributed by atoms with Gasteiger partial charge in [0.2, 0.25) is 0 Å². The molecule has 9 nitrogen and oxygen atoms in total. The maximum absolute atomic E-state index is 13.3. The van der Waals surface area contributed by atoms with Gasteiger partial charge >= 0.3 is 12.1 Å². The SMILES string of the molecule is CCCC(C)/C=C/C(C)=C/C1CC(C)C/C=C/CCC(OS(=O)(=O)c2ccc(C)cc2)C(OC(N)=O)CCC(C)CC(O)C(C)C(=O)O1. The van der Waals surface area contributed by atoms with Crippen LogP contribution in [-0.4, -0.2) is 50.0 Å². The van der Waals surface area contributed by atoms with Crippen molar-refractivity contribution in [1.82, 2.24) is 0 Å². The average molecular weight is 690 g/mol. The second kappa shape index (κ2) is 20.5. The Kier molecular flexibility index (Phi) is 17.6. The number of primary amides is 1. The van der Waals surface area contributed by atoms with Crippen LogP contribution < -0.4 is 5.73 Å². The summed E-state index contributed by atoms with van der Waals surface area (Å²) in [7, 11) is -4.17. The molecule has 10 heteroatoms. The molecule has 48 heavy (non-hydrogen) atoms. The Morgan fingerprint density at radius 3 is 2.40 bits per heavy atom. The summed E-state index contributed by atoms with van der Waals surface area (Å²) in [5.41, 5.74) is 7.34. The molecule has 8 unspecified atom stereocenters. The number of aliphatic hydroxyl groups excluding tert-OH is 1. The first-order chi connectivity index (χ1) is 22.6. The Bertz CT molecular complexity index is 1340. The molecule has 1 heterocycles. The van der Waals surface area contributed by atoms with Crippen molar-refractivity contribution in [1.29, 1.82) is 0 Å². The van der Waals surface area contributed by atoms with Gasteiger partial charge in [0.15, 0.2) is 0 Å². The summed E-state index contributed by atoms with van der Waals surface area (Å²) >= 11 is 0. The van der Waals surface area contributed by atoms with Crippen molar-refractivity contribution in [3.05, 3.63) is 65.8 Å². The number of aliphatic hydroxyl groups is 1. The van der Waals surface area contributed by atoms with Crippen LogP contribution in [0.5, 0.6) is 0 Å². The summed E-state index contributed by atoms with van der Waals surface area (Å²) in [4.78, 5) is 25.2. The quantitative estimate of drug-likeness (QED) is 0.115. The van der Waals surface area contributed by atoms with E-state index in [0.29, 0.717) is 38.0 Å². The molecule has 0 saturated heterocycles. The predicted molar refractivity (Wildman–Crippen MR) is 190 cm³/mol. The molecule has 0 fully saturated rings. The summed E-state index contributed by atoms with van der Waals surface area (Å²) in [5.74, 6) is -0.703. The molecule has 1 aliphatic rings. The van der Waals surface area contributed by atoms with Crippen LogP contribution in [0.4, 0.5) is 4.79 Å². The number of benzene rings is 1. The zero-order chi connectivity index (χ0) is 35.9. The summed E-state index contributed by atoms with van der Waals surface area (Å²) in [6.45, 7) is 13.9. The van der Waals surface area contributed by atoms with Gasteiger partial charge in [-0.05, 0) is 108 Å². The fraction of sp³-hybridized carbons (Fsp3) is 0.632. The van der Waals surface area contributed by atoms with Crippen LogP contribution in [0.15, 0.2) is 65.1 Å². The van der Waals surface area contributed by atoms with Crippen molar-refractivity contribution in [2.24, 2.45) is 29.4 Å². The van der Waals surface area contributed by atoms with Crippen LogP contribution in [-0.2, 0) is 28.6 Å². The van der Waals surface area contributed by atoms with E-state index in [0.717, 1.165) is 24.0 Å². The van der Waals surface area contributed by atoms with E-state index in [1.807, 2.05) is 39.0 Å². The van der Waals surface area contributed by atoms with Gasteiger partial charge in [0.05, 0.1) is 16.9 Å². The number of hydrogen-bond donors (Lipinski definition) is 2. The summed E-state index contributed by atoms with van der Waals surface area (Å²) in [6, 6.07) is 6.36. The number of esters is 1. The number of ether oxygens (including phenoxy) is 2. The van der Waals surface area contributed by atoms with Gasteiger partial charge in [-0.25, -0.2) is 4.79 Å². The average Bonchev–Trinajstić information content (AvgIpc) is 3.00. The van der Waals surface area contributed by atoms with Crippen molar-refractivity contribution in [2.45, 2.75) is 136 Å². The lowest BCUT2D eigenvalue weighted by Gasteiger charge is -2.28. The van der Waals surface area contributed by atoms with Gasteiger partial charge in [-0.2, -0.15) is 8.42 Å². The van der Waals surface area contributed by atoms with E-state index in [9.17, 15) is 23.1 Å². The Morgan fingerprint density at radius 2 is 1.75 bits per heavy atom. The molecule has 1 aliphatic heterocycles. The predicted octanol–water partition coefficient (Wildman–Crippen LogP) is 7.95. The van der Waals surface area contributed by atoms with Crippen molar-refractivity contribution in [3.63, 3.8) is 0 Å². The highest BCUT2D eigenvalue weighted by molar-refractivity contribution is 7.86. The number of allylic oxidation sites excluding steroid dienone is 5. The van der Waals surface area contributed by atoms with Crippen LogP contribution in [0.3, 0.4) is 0 Å². The fourth-order valence-corrected chi connectivity index (χ4v) is 6.98. The summed E-state index contributed by atoms with van der Waals surface area (Å²) < 4.78 is 43.8. The van der Waals surface area contributed by atoms with E-state index in [1.165, 1.54) is 12.1 Å². The molecular weight excluding hydrogens is 630 g/mol. The maximum atomic E-state index is 13.3. The molecule has 0 aliphatic carbocycles. The van der Waals surface area contributed by atoms with E-state index in [2.05, 4.69) is 32.9 Å². The fourth-order valence-electron chi connectivity index (χ4n) is 5.85. The number of rotatable bonds is 9. The van der Waals surface area contributed by atoms with Gasteiger partial charge in [0.25, 0.3) is 10.1 Å². The topological polar surface area (TPSA) is 142 Å². The molecule has 1 aromatic rings. The highest BCUT2D eigenvalue weighted by atomic mass is 32.2. The minimum Gasteiger partial charge on any atom is -0.458 e. The minimum absolute atomic E-state index is 0.0110. The zero-order valence-corrected chi connectivity index (χ0v) is 30.8. The minimum atomic E-state index is -4.17. The lowest BCUT2D eigenvalue weighted by atomic mass is 9.90. The standard InChI is InChI=1S/C38H59NO8S/c1-8-12-26(2)15-16-29(5)24-32-23-28(4)13-10-9-11-14-36(47-48(43,44)33-20-17-27(3)18-21-33)35(46-38(39)42)22-19-30(6)25-34(40)31(7)37(41)45-32/h9-10,15-18,20-21,24,26,28,30-32,34-36,40H,8,11-14,19,22-23,25H2,1-7H3,(H2,39,42)/b10-9+,16-15+,29-24+. The van der Waals surface area contributed by atoms with Crippen molar-refractivity contribution < 1.29 is 36.8 Å². The molecule has 1 aromatic carbocycles. The summed E-state index contributed by atoms with van der Waals surface area (Å²) in [5, 5.41) is 11.0. The molecule has 0 bridgehead atoms. The second-order valence-electron chi connectivity index (χ2n) is 13.8. The first-order valence-corrected chi connectivity index (χ1v) is 18.9. The van der Waals surface area contributed by atoms with Crippen LogP contribution in [0.1, 0.15) is 105 Å². The van der Waals surface area contributed by atoms with Crippen molar-refractivity contribution >= 4 is 22.2 Å². The molecular formula is C38H59NO8S. The van der Waals surface area contributed by atoms with Crippen molar-refractivity contribution in [2.75, 3.05) is 0 Å². The number of hydrogen-bond acceptors (Lipinski definition) is 8. The zero-order valence-electron chi connectivity index (χ0n) is 30.0. The van der Waals surface area contributed by atoms with Gasteiger partial charge in [0.1, 0.15) is 18.3 Å². The molecule has 2 rings (SSSR count). The van der Waals surface area contributed by atoms with E-state index in [4.69, 9.17) is 19.4 Å². The number of aryl methyl sites for hydroxylation is 1. The number of cyclic esters (lactones) is 1. The van der Waals surface area contributed by atoms with E-state index in [-0.39, 0.29) is 29.6 Å². The number of nitrogens with two attached hydrogens (primary N) is 1. The third kappa shape index (κ3) is 15.1. The molecule has 0 spiro atoms. The molecule has 0 radical (unpaired) electrons. The van der Waals surface area contributed by atoms with Gasteiger partial charge in [0, 0.05) is 0 Å². The van der Waals surface area contributed by atoms with Gasteiger partial charge < -0.3 is 20.3 Å². The smallest absolute Gasteiger partial charge is 0.404 e. The highest BCUT2D eigenvalue weighted by Crippen LogP contribution is 2.27. The maximum Gasteiger partial charge on any atom is 0.404 e. The molecule has 0 saturated carbocycles. The van der Waals surface area contributed by atoms with Crippen LogP contribution in [0.2, 0.25) is 0 Å². The van der Waals surface area contributed by atoms with Gasteiger partial charge in [-0.15, -0.1) is 0 Å². The van der Waals surface area contributed by atoms with Gasteiger partial charge in [-0.1, -0.05) is 81.7 Å². The monoisotopic (exact) mass is 689 g/mol. The first-order valence-electron chi connectivity index (χ1n) is 17.5. The molecule has 3 N–H and O–H groups in total. The van der Waals surface area contributed by atoms with E-state index < -0.39 is 52.5 Å². The lowest BCUT2D eigenvalue weighted by Crippen LogP contribution is -2.37. The Balaban J connectivity index is 2.36. The molecule has 1 amide bonds. The van der Waals surface area contributed by atoms with E-state index >= 15 is 0 Å². The molecule has 0 aromatic heterocycles. The molecule has 270 valence electrons. The Morgan fingerprint density at radius 1 is 1.06 bits per heavy atom. The number of carbonyl (C=O) groups excluding carboxylic acids is 2. The van der Waals surface area contributed by atoms with Crippen LogP contribution >= 0.6 is 0 Å². The van der Waals surface area contributed by atoms with E-state index in [1.54, 1.807) is 19.1 Å². The first kappa shape index (κ1) is 41.2. The third-order valence-electron chi connectivity index (χ3n) is 8.88. The number of amides is 1. The van der Waals surface area contributed by atoms with Gasteiger partial charge in [-0.3, -0.25) is 8.98 Å². The largest absolute Gasteiger partial charge is 0.458 e. The third-order valence-corrected chi connectivity index (χ3v) is 10.2. The Labute approximate surface area is 289 Å². The Hall–Kier alpha value is -2.95. The normalized spacial score (nSPS) is 29.0. The van der Waals surface area contributed by atoms with Crippen LogP contribution in [0, 0.1) is 30.6 Å². The second-order valence-corrected chi connectivity index (χ2v) is 15.4.